The van der Waals surface area contributed by atoms with E-state index in [-0.39, 0.29) is 18.2 Å². The van der Waals surface area contributed by atoms with E-state index in [9.17, 15) is 19.5 Å². The lowest BCUT2D eigenvalue weighted by molar-refractivity contribution is 0.0694. The van der Waals surface area contributed by atoms with Crippen molar-refractivity contribution in [1.82, 2.24) is 4.57 Å². The minimum atomic E-state index is -1.34. The lowest BCUT2D eigenvalue weighted by atomic mass is 10.0. The molecular weight excluding hydrogens is 358 g/mol. The third-order valence-corrected chi connectivity index (χ3v) is 5.28. The molecule has 1 N–H and O–H groups in total. The van der Waals surface area contributed by atoms with Gasteiger partial charge in [-0.3, -0.25) is 9.59 Å². The molecule has 1 heterocycles. The SMILES string of the molecule is COc1ccc2c(c1)CC(CC(=O)n1c(=O)c(C(=O)O)cc3ccccc31)C2. The second kappa shape index (κ2) is 6.96. The minimum Gasteiger partial charge on any atom is -0.497 e. The number of fused-ring (bicyclic) bond motifs is 2. The number of carboxylic acids is 1. The van der Waals surface area contributed by atoms with E-state index in [4.69, 9.17) is 4.74 Å². The lowest BCUT2D eigenvalue weighted by Gasteiger charge is -2.13. The van der Waals surface area contributed by atoms with E-state index in [1.54, 1.807) is 31.4 Å². The largest absolute Gasteiger partial charge is 0.497 e. The molecule has 142 valence electrons. The van der Waals surface area contributed by atoms with Gasteiger partial charge in [0.2, 0.25) is 5.91 Å². The first-order valence-corrected chi connectivity index (χ1v) is 9.05. The van der Waals surface area contributed by atoms with Crippen LogP contribution in [0.4, 0.5) is 0 Å². The number of pyridine rings is 1. The summed E-state index contributed by atoms with van der Waals surface area (Å²) in [5.74, 6) is -0.873. The van der Waals surface area contributed by atoms with E-state index >= 15 is 0 Å². The van der Waals surface area contributed by atoms with Crippen molar-refractivity contribution in [2.75, 3.05) is 7.11 Å². The zero-order valence-corrected chi connectivity index (χ0v) is 15.3. The smallest absolute Gasteiger partial charge is 0.341 e. The standard InChI is InChI=1S/C22H19NO5/c1-28-17-7-6-14-8-13(9-16(14)11-17)10-20(24)23-19-5-3-2-4-15(19)12-18(21(23)25)22(26)27/h2-7,11-13H,8-10H2,1H3,(H,26,27). The minimum absolute atomic E-state index is 0.0637. The van der Waals surface area contributed by atoms with Crippen molar-refractivity contribution in [2.24, 2.45) is 5.92 Å². The molecule has 0 radical (unpaired) electrons. The average Bonchev–Trinajstić information content (AvgIpc) is 3.08. The van der Waals surface area contributed by atoms with Crippen LogP contribution in [0.15, 0.2) is 53.3 Å². The summed E-state index contributed by atoms with van der Waals surface area (Å²) in [5, 5.41) is 9.90. The summed E-state index contributed by atoms with van der Waals surface area (Å²) in [4.78, 5) is 37.2. The van der Waals surface area contributed by atoms with Crippen LogP contribution >= 0.6 is 0 Å². The average molecular weight is 377 g/mol. The number of carboxylic acid groups (broad SMARTS) is 1. The van der Waals surface area contributed by atoms with Gasteiger partial charge in [-0.1, -0.05) is 24.3 Å². The highest BCUT2D eigenvalue weighted by molar-refractivity contribution is 5.97. The Hall–Kier alpha value is -3.41. The number of carbonyl (C=O) groups is 2. The number of ether oxygens (including phenoxy) is 1. The first-order valence-electron chi connectivity index (χ1n) is 9.05. The summed E-state index contributed by atoms with van der Waals surface area (Å²) < 4.78 is 6.27. The number of aromatic nitrogens is 1. The fraction of sp³-hybridized carbons (Fsp3) is 0.227. The van der Waals surface area contributed by atoms with Crippen LogP contribution in [0.1, 0.15) is 32.7 Å². The Kier molecular flexibility index (Phi) is 4.47. The van der Waals surface area contributed by atoms with Crippen LogP contribution in [0.25, 0.3) is 10.9 Å². The highest BCUT2D eigenvalue weighted by Crippen LogP contribution is 2.32. The number of benzene rings is 2. The van der Waals surface area contributed by atoms with E-state index < -0.39 is 17.1 Å². The second-order valence-electron chi connectivity index (χ2n) is 7.07. The van der Waals surface area contributed by atoms with Crippen LogP contribution in [-0.4, -0.2) is 28.7 Å². The van der Waals surface area contributed by atoms with Crippen molar-refractivity contribution < 1.29 is 19.4 Å². The third-order valence-electron chi connectivity index (χ3n) is 5.28. The molecule has 1 aromatic heterocycles. The van der Waals surface area contributed by atoms with Gasteiger partial charge in [-0.25, -0.2) is 9.36 Å². The molecule has 4 rings (SSSR count). The summed E-state index contributed by atoms with van der Waals surface area (Å²) >= 11 is 0. The van der Waals surface area contributed by atoms with Gasteiger partial charge < -0.3 is 9.84 Å². The maximum absolute atomic E-state index is 13.0. The Morgan fingerprint density at radius 3 is 2.61 bits per heavy atom. The predicted molar refractivity (Wildman–Crippen MR) is 104 cm³/mol. The second-order valence-corrected chi connectivity index (χ2v) is 7.07. The quantitative estimate of drug-likeness (QED) is 0.755. The van der Waals surface area contributed by atoms with Crippen molar-refractivity contribution >= 4 is 22.8 Å². The number of methoxy groups -OCH3 is 1. The molecule has 28 heavy (non-hydrogen) atoms. The molecule has 6 heteroatoms. The van der Waals surface area contributed by atoms with E-state index in [0.29, 0.717) is 10.9 Å². The van der Waals surface area contributed by atoms with E-state index in [2.05, 4.69) is 0 Å². The van der Waals surface area contributed by atoms with Crippen molar-refractivity contribution in [3.8, 4) is 5.75 Å². The predicted octanol–water partition coefficient (Wildman–Crippen LogP) is 3.15. The first-order chi connectivity index (χ1) is 13.5. The van der Waals surface area contributed by atoms with Crippen molar-refractivity contribution in [3.05, 3.63) is 75.6 Å². The number of nitrogens with zero attached hydrogens (tertiary/aromatic N) is 1. The van der Waals surface area contributed by atoms with Gasteiger partial charge in [-0.05, 0) is 59.5 Å². The van der Waals surface area contributed by atoms with Crippen LogP contribution in [0.2, 0.25) is 0 Å². The lowest BCUT2D eigenvalue weighted by Crippen LogP contribution is -2.32. The van der Waals surface area contributed by atoms with Crippen molar-refractivity contribution in [1.29, 1.82) is 0 Å². The molecule has 0 bridgehead atoms. The molecule has 3 aromatic rings. The van der Waals surface area contributed by atoms with Crippen LogP contribution in [0.3, 0.4) is 0 Å². The number of hydrogen-bond donors (Lipinski definition) is 1. The van der Waals surface area contributed by atoms with Crippen LogP contribution in [0, 0.1) is 5.92 Å². The van der Waals surface area contributed by atoms with Gasteiger partial charge in [0, 0.05) is 6.42 Å². The number of aromatic carboxylic acids is 1. The number of rotatable bonds is 4. The Bertz CT molecular complexity index is 1160. The Balaban J connectivity index is 1.67. The van der Waals surface area contributed by atoms with E-state index in [1.165, 1.54) is 11.6 Å². The van der Waals surface area contributed by atoms with Crippen molar-refractivity contribution in [2.45, 2.75) is 19.3 Å². The molecule has 2 aromatic carbocycles. The fourth-order valence-corrected chi connectivity index (χ4v) is 3.96. The third kappa shape index (κ3) is 3.07. The normalized spacial score (nSPS) is 15.4. The fourth-order valence-electron chi connectivity index (χ4n) is 3.96. The molecule has 1 aliphatic rings. The van der Waals surface area contributed by atoms with Gasteiger partial charge in [-0.2, -0.15) is 0 Å². The summed E-state index contributed by atoms with van der Waals surface area (Å²) in [6.07, 6.45) is 1.64. The number of carbonyl (C=O) groups excluding carboxylic acids is 1. The summed E-state index contributed by atoms with van der Waals surface area (Å²) in [6, 6.07) is 14.0. The van der Waals surface area contributed by atoms with Gasteiger partial charge >= 0.3 is 5.97 Å². The molecule has 0 spiro atoms. The topological polar surface area (TPSA) is 85.6 Å². The molecule has 0 amide bonds. The maximum Gasteiger partial charge on any atom is 0.341 e. The molecule has 6 nitrogen and oxygen atoms in total. The van der Waals surface area contributed by atoms with Crippen molar-refractivity contribution in [3.63, 3.8) is 0 Å². The highest BCUT2D eigenvalue weighted by Gasteiger charge is 2.26. The molecule has 0 saturated heterocycles. The summed E-state index contributed by atoms with van der Waals surface area (Å²) in [7, 11) is 1.62. The molecule has 0 aliphatic heterocycles. The zero-order valence-electron chi connectivity index (χ0n) is 15.3. The molecule has 1 atom stereocenters. The van der Waals surface area contributed by atoms with Crippen LogP contribution in [0.5, 0.6) is 5.75 Å². The van der Waals surface area contributed by atoms with Crippen LogP contribution in [-0.2, 0) is 12.8 Å². The van der Waals surface area contributed by atoms with E-state index in [1.807, 2.05) is 18.2 Å². The summed E-state index contributed by atoms with van der Waals surface area (Å²) in [5.41, 5.74) is 1.57. The highest BCUT2D eigenvalue weighted by atomic mass is 16.5. The summed E-state index contributed by atoms with van der Waals surface area (Å²) in [6.45, 7) is 0. The van der Waals surface area contributed by atoms with Gasteiger partial charge in [0.1, 0.15) is 11.3 Å². The maximum atomic E-state index is 13.0. The van der Waals surface area contributed by atoms with Gasteiger partial charge in [0.05, 0.1) is 12.6 Å². The monoisotopic (exact) mass is 377 g/mol. The van der Waals surface area contributed by atoms with Gasteiger partial charge in [-0.15, -0.1) is 0 Å². The van der Waals surface area contributed by atoms with Crippen LogP contribution < -0.4 is 10.3 Å². The zero-order chi connectivity index (χ0) is 19.8. The Morgan fingerprint density at radius 1 is 1.11 bits per heavy atom. The molecule has 1 aliphatic carbocycles. The number of para-hydroxylation sites is 1. The number of hydrogen-bond acceptors (Lipinski definition) is 4. The Morgan fingerprint density at radius 2 is 1.86 bits per heavy atom. The first kappa shape index (κ1) is 18.0. The Labute approximate surface area is 161 Å². The molecule has 0 fully saturated rings. The van der Waals surface area contributed by atoms with Gasteiger partial charge in [0.25, 0.3) is 5.56 Å². The van der Waals surface area contributed by atoms with E-state index in [0.717, 1.165) is 28.7 Å². The molecule has 1 unspecified atom stereocenters. The van der Waals surface area contributed by atoms with Gasteiger partial charge in [0.15, 0.2) is 0 Å². The molecule has 0 saturated carbocycles. The molecular formula is C22H19NO5.